The molecule has 59 heavy (non-hydrogen) atoms. The number of nitrogens with zero attached hydrogens (tertiary/aromatic N) is 1. The van der Waals surface area contributed by atoms with E-state index in [0.29, 0.717) is 0 Å². The Labute approximate surface area is 346 Å². The molecule has 3 aliphatic carbocycles. The lowest BCUT2D eigenvalue weighted by Gasteiger charge is -2.32. The summed E-state index contributed by atoms with van der Waals surface area (Å²) in [6.45, 7) is 4.76. The average molecular weight is 752 g/mol. The first-order valence-corrected chi connectivity index (χ1v) is 20.8. The molecule has 278 valence electrons. The van der Waals surface area contributed by atoms with Crippen LogP contribution in [0.3, 0.4) is 0 Å². The second kappa shape index (κ2) is 12.6. The lowest BCUT2D eigenvalue weighted by atomic mass is 9.70. The standard InChI is InChI=1S/C58H41N/c1-57(2)47-36-35-40(37-46(47)55-42(27-17-31-51(55)57)39-21-7-4-8-22-39)59(53-33-16-12-23-41(53)38-19-5-3-6-20-38)54-34-18-32-52-56(54)45-26-11-15-30-50(45)58(52)48-28-13-9-24-43(48)44-25-10-14-29-49(44)58/h3-37H,1-2H3. The van der Waals surface area contributed by atoms with Gasteiger partial charge in [-0.3, -0.25) is 0 Å². The van der Waals surface area contributed by atoms with Gasteiger partial charge in [0.05, 0.1) is 16.8 Å². The fourth-order valence-corrected chi connectivity index (χ4v) is 11.0. The third kappa shape index (κ3) is 4.62. The lowest BCUT2D eigenvalue weighted by Crippen LogP contribution is -2.26. The molecule has 0 N–H and O–H groups in total. The van der Waals surface area contributed by atoms with E-state index in [1.165, 1.54) is 94.7 Å². The van der Waals surface area contributed by atoms with Crippen LogP contribution in [-0.2, 0) is 10.8 Å². The van der Waals surface area contributed by atoms with Crippen LogP contribution in [0.5, 0.6) is 0 Å². The predicted molar refractivity (Wildman–Crippen MR) is 246 cm³/mol. The molecule has 9 aromatic rings. The van der Waals surface area contributed by atoms with Crippen molar-refractivity contribution < 1.29 is 0 Å². The quantitative estimate of drug-likeness (QED) is 0.169. The highest BCUT2D eigenvalue weighted by Crippen LogP contribution is 2.65. The van der Waals surface area contributed by atoms with Gasteiger partial charge in [-0.05, 0) is 102 Å². The number of anilines is 3. The molecule has 0 fully saturated rings. The maximum absolute atomic E-state index is 2.56. The molecule has 0 radical (unpaired) electrons. The highest BCUT2D eigenvalue weighted by Gasteiger charge is 2.52. The number of fused-ring (bicyclic) bond motifs is 13. The fraction of sp³-hybridized carbons (Fsp3) is 0.0690. The molecule has 0 amide bonds. The summed E-state index contributed by atoms with van der Waals surface area (Å²) in [4.78, 5) is 2.56. The third-order valence-corrected chi connectivity index (χ3v) is 13.5. The Morgan fingerprint density at radius 1 is 0.305 bits per heavy atom. The molecule has 0 bridgehead atoms. The van der Waals surface area contributed by atoms with Gasteiger partial charge in [-0.1, -0.05) is 202 Å². The van der Waals surface area contributed by atoms with E-state index in [2.05, 4.69) is 231 Å². The van der Waals surface area contributed by atoms with E-state index in [4.69, 9.17) is 0 Å². The van der Waals surface area contributed by atoms with E-state index < -0.39 is 5.41 Å². The van der Waals surface area contributed by atoms with Gasteiger partial charge in [0.1, 0.15) is 0 Å². The molecule has 0 aromatic heterocycles. The van der Waals surface area contributed by atoms with Gasteiger partial charge in [-0.15, -0.1) is 0 Å². The van der Waals surface area contributed by atoms with E-state index in [9.17, 15) is 0 Å². The summed E-state index contributed by atoms with van der Waals surface area (Å²) in [7, 11) is 0. The molecule has 0 heterocycles. The van der Waals surface area contributed by atoms with Gasteiger partial charge in [-0.2, -0.15) is 0 Å². The zero-order valence-electron chi connectivity index (χ0n) is 33.2. The minimum Gasteiger partial charge on any atom is -0.309 e. The van der Waals surface area contributed by atoms with Crippen LogP contribution in [0, 0.1) is 0 Å². The molecular weight excluding hydrogens is 711 g/mol. The van der Waals surface area contributed by atoms with Crippen molar-refractivity contribution in [2.24, 2.45) is 0 Å². The van der Waals surface area contributed by atoms with Gasteiger partial charge >= 0.3 is 0 Å². The maximum atomic E-state index is 2.56. The maximum Gasteiger partial charge on any atom is 0.0726 e. The molecular formula is C58H41N. The van der Waals surface area contributed by atoms with E-state index in [1.54, 1.807) is 0 Å². The predicted octanol–water partition coefficient (Wildman–Crippen LogP) is 15.1. The van der Waals surface area contributed by atoms with Crippen molar-refractivity contribution in [3.63, 3.8) is 0 Å². The van der Waals surface area contributed by atoms with Crippen molar-refractivity contribution in [2.45, 2.75) is 24.7 Å². The number of rotatable bonds is 5. The SMILES string of the molecule is CC1(C)c2ccc(N(c3ccccc3-c3ccccc3)c3cccc4c3-c3ccccc3C43c4ccccc4-c4ccccc43)cc2-c2c(-c3ccccc3)cccc21. The van der Waals surface area contributed by atoms with Crippen LogP contribution in [-0.4, -0.2) is 0 Å². The Bertz CT molecular complexity index is 3090. The minimum atomic E-state index is -0.439. The summed E-state index contributed by atoms with van der Waals surface area (Å²) in [5.74, 6) is 0. The fourth-order valence-electron chi connectivity index (χ4n) is 11.0. The van der Waals surface area contributed by atoms with Crippen molar-refractivity contribution in [1.29, 1.82) is 0 Å². The second-order valence-corrected chi connectivity index (χ2v) is 16.8. The molecule has 0 saturated carbocycles. The lowest BCUT2D eigenvalue weighted by molar-refractivity contribution is 0.660. The molecule has 3 aliphatic rings. The van der Waals surface area contributed by atoms with Crippen molar-refractivity contribution in [3.8, 4) is 55.6 Å². The Kier molecular flexibility index (Phi) is 7.26. The largest absolute Gasteiger partial charge is 0.309 e. The Hall–Kier alpha value is -7.22. The smallest absolute Gasteiger partial charge is 0.0726 e. The van der Waals surface area contributed by atoms with Crippen molar-refractivity contribution in [2.75, 3.05) is 4.90 Å². The van der Waals surface area contributed by atoms with Gasteiger partial charge in [0.15, 0.2) is 0 Å². The van der Waals surface area contributed by atoms with Gasteiger partial charge < -0.3 is 4.90 Å². The normalized spacial score (nSPS) is 14.2. The molecule has 0 unspecified atom stereocenters. The zero-order valence-corrected chi connectivity index (χ0v) is 33.2. The van der Waals surface area contributed by atoms with E-state index in [-0.39, 0.29) is 5.41 Å². The minimum absolute atomic E-state index is 0.149. The summed E-state index contributed by atoms with van der Waals surface area (Å²) < 4.78 is 0. The average Bonchev–Trinajstić information content (AvgIpc) is 3.86. The highest BCUT2D eigenvalue weighted by atomic mass is 15.1. The highest BCUT2D eigenvalue weighted by molar-refractivity contribution is 6.03. The second-order valence-electron chi connectivity index (χ2n) is 16.8. The molecule has 9 aromatic carbocycles. The van der Waals surface area contributed by atoms with E-state index in [1.807, 2.05) is 0 Å². The molecule has 0 saturated heterocycles. The first-order valence-electron chi connectivity index (χ1n) is 20.8. The molecule has 0 aliphatic heterocycles. The van der Waals surface area contributed by atoms with Crippen molar-refractivity contribution in [1.82, 2.24) is 0 Å². The Morgan fingerprint density at radius 2 is 0.780 bits per heavy atom. The van der Waals surface area contributed by atoms with Gasteiger partial charge in [0.2, 0.25) is 0 Å². The number of hydrogen-bond donors (Lipinski definition) is 0. The summed E-state index contributed by atoms with van der Waals surface area (Å²) in [6.07, 6.45) is 0. The molecule has 1 nitrogen and oxygen atoms in total. The zero-order chi connectivity index (χ0) is 39.3. The summed E-state index contributed by atoms with van der Waals surface area (Å²) in [5.41, 5.74) is 23.7. The molecule has 12 rings (SSSR count). The topological polar surface area (TPSA) is 3.24 Å². The summed E-state index contributed by atoms with van der Waals surface area (Å²) in [5, 5.41) is 0. The number of hydrogen-bond acceptors (Lipinski definition) is 1. The first-order chi connectivity index (χ1) is 29.1. The van der Waals surface area contributed by atoms with Crippen molar-refractivity contribution >= 4 is 17.1 Å². The monoisotopic (exact) mass is 751 g/mol. The summed E-state index contributed by atoms with van der Waals surface area (Å²) >= 11 is 0. The molecule has 0 atom stereocenters. The first kappa shape index (κ1) is 33.9. The van der Waals surface area contributed by atoms with Crippen LogP contribution in [0.1, 0.15) is 47.2 Å². The van der Waals surface area contributed by atoms with E-state index >= 15 is 0 Å². The van der Waals surface area contributed by atoms with Crippen LogP contribution in [0.15, 0.2) is 212 Å². The van der Waals surface area contributed by atoms with Gasteiger partial charge in [0.25, 0.3) is 0 Å². The Morgan fingerprint density at radius 3 is 1.46 bits per heavy atom. The number of para-hydroxylation sites is 1. The van der Waals surface area contributed by atoms with Crippen LogP contribution in [0.4, 0.5) is 17.1 Å². The van der Waals surface area contributed by atoms with Crippen LogP contribution >= 0.6 is 0 Å². The Balaban J connectivity index is 1.17. The van der Waals surface area contributed by atoms with Crippen molar-refractivity contribution in [3.05, 3.63) is 246 Å². The van der Waals surface area contributed by atoms with Crippen LogP contribution in [0.25, 0.3) is 55.6 Å². The van der Waals surface area contributed by atoms with E-state index in [0.717, 1.165) is 11.4 Å². The molecule has 1 spiro atoms. The van der Waals surface area contributed by atoms with Crippen LogP contribution < -0.4 is 4.90 Å². The third-order valence-electron chi connectivity index (χ3n) is 13.5. The van der Waals surface area contributed by atoms with Gasteiger partial charge in [-0.25, -0.2) is 0 Å². The van der Waals surface area contributed by atoms with Gasteiger partial charge in [0, 0.05) is 22.2 Å². The number of benzene rings is 9. The summed E-state index contributed by atoms with van der Waals surface area (Å²) in [6, 6.07) is 79.2. The molecule has 1 heteroatoms. The van der Waals surface area contributed by atoms with Crippen LogP contribution in [0.2, 0.25) is 0 Å².